The lowest BCUT2D eigenvalue weighted by molar-refractivity contribution is 0.684. The summed E-state index contributed by atoms with van der Waals surface area (Å²) in [6, 6.07) is 35.9. The lowest BCUT2D eigenvalue weighted by atomic mass is 9.90. The second kappa shape index (κ2) is 8.56. The van der Waals surface area contributed by atoms with Crippen LogP contribution in [0.4, 0.5) is 0 Å². The lowest BCUT2D eigenvalue weighted by Gasteiger charge is -2.18. The summed E-state index contributed by atoms with van der Waals surface area (Å²) in [4.78, 5) is 1.57. The Kier molecular flexibility index (Phi) is 5.38. The second-order valence-corrected chi connectivity index (χ2v) is 10.5. The SMILES string of the molecule is O=S(c1ccccc1)c1c2ccc(Cl)cc2c(-c2ccc(Cl)cc2)c2cc3ccccc3cc12. The van der Waals surface area contributed by atoms with E-state index in [0.717, 1.165) is 53.2 Å². The first-order valence-electron chi connectivity index (χ1n) is 10.9. The number of rotatable bonds is 3. The summed E-state index contributed by atoms with van der Waals surface area (Å²) in [6.07, 6.45) is 0. The molecule has 164 valence electrons. The maximum atomic E-state index is 14.0. The Morgan fingerprint density at radius 3 is 1.82 bits per heavy atom. The molecule has 0 aliphatic carbocycles. The molecule has 0 amide bonds. The molecule has 0 heterocycles. The van der Waals surface area contributed by atoms with Gasteiger partial charge in [0.2, 0.25) is 0 Å². The topological polar surface area (TPSA) is 17.1 Å². The Bertz CT molecular complexity index is 1730. The molecule has 6 aromatic carbocycles. The van der Waals surface area contributed by atoms with E-state index < -0.39 is 10.8 Å². The predicted molar refractivity (Wildman–Crippen MR) is 146 cm³/mol. The van der Waals surface area contributed by atoms with E-state index in [9.17, 15) is 4.21 Å². The smallest absolute Gasteiger partial charge is 0.0862 e. The van der Waals surface area contributed by atoms with Crippen molar-refractivity contribution in [3.63, 3.8) is 0 Å². The van der Waals surface area contributed by atoms with Crippen molar-refractivity contribution < 1.29 is 4.21 Å². The van der Waals surface area contributed by atoms with Crippen molar-refractivity contribution in [3.05, 3.63) is 119 Å². The third kappa shape index (κ3) is 3.59. The zero-order valence-electron chi connectivity index (χ0n) is 18.0. The molecule has 4 heteroatoms. The van der Waals surface area contributed by atoms with E-state index in [0.29, 0.717) is 10.0 Å². The van der Waals surface area contributed by atoms with Gasteiger partial charge in [-0.05, 0) is 86.6 Å². The Morgan fingerprint density at radius 2 is 1.12 bits per heavy atom. The molecule has 1 atom stereocenters. The summed E-state index contributed by atoms with van der Waals surface area (Å²) in [7, 11) is -1.38. The van der Waals surface area contributed by atoms with Crippen molar-refractivity contribution >= 4 is 66.3 Å². The maximum Gasteiger partial charge on any atom is 0.0862 e. The normalized spacial score (nSPS) is 12.4. The van der Waals surface area contributed by atoms with Crippen molar-refractivity contribution in [2.24, 2.45) is 0 Å². The fourth-order valence-electron chi connectivity index (χ4n) is 4.64. The maximum absolute atomic E-state index is 14.0. The molecule has 0 fully saturated rings. The van der Waals surface area contributed by atoms with E-state index in [-0.39, 0.29) is 0 Å². The molecular weight excluding hydrogens is 479 g/mol. The molecule has 0 aromatic heterocycles. The van der Waals surface area contributed by atoms with Gasteiger partial charge >= 0.3 is 0 Å². The van der Waals surface area contributed by atoms with E-state index in [2.05, 4.69) is 24.3 Å². The highest BCUT2D eigenvalue weighted by Gasteiger charge is 2.21. The van der Waals surface area contributed by atoms with Crippen molar-refractivity contribution in [2.75, 3.05) is 0 Å². The van der Waals surface area contributed by atoms with Crippen LogP contribution in [0.2, 0.25) is 10.0 Å². The monoisotopic (exact) mass is 496 g/mol. The van der Waals surface area contributed by atoms with E-state index >= 15 is 0 Å². The first-order valence-corrected chi connectivity index (χ1v) is 12.8. The molecule has 0 aliphatic heterocycles. The molecule has 1 unspecified atom stereocenters. The van der Waals surface area contributed by atoms with Gasteiger partial charge in [-0.1, -0.05) is 83.9 Å². The zero-order valence-corrected chi connectivity index (χ0v) is 20.3. The molecule has 0 saturated heterocycles. The van der Waals surface area contributed by atoms with Crippen LogP contribution < -0.4 is 0 Å². The van der Waals surface area contributed by atoms with Gasteiger partial charge in [0, 0.05) is 20.3 Å². The van der Waals surface area contributed by atoms with Gasteiger partial charge in [0.15, 0.2) is 0 Å². The number of halogens is 2. The van der Waals surface area contributed by atoms with Crippen LogP contribution in [0.25, 0.3) is 43.4 Å². The molecule has 6 aromatic rings. The van der Waals surface area contributed by atoms with Crippen molar-refractivity contribution in [2.45, 2.75) is 9.79 Å². The third-order valence-corrected chi connectivity index (χ3v) is 8.17. The van der Waals surface area contributed by atoms with Crippen LogP contribution in [0.3, 0.4) is 0 Å². The Morgan fingerprint density at radius 1 is 0.529 bits per heavy atom. The van der Waals surface area contributed by atoms with E-state index in [1.807, 2.05) is 84.9 Å². The minimum Gasteiger partial charge on any atom is -0.249 e. The van der Waals surface area contributed by atoms with Gasteiger partial charge in [-0.3, -0.25) is 0 Å². The summed E-state index contributed by atoms with van der Waals surface area (Å²) in [6.45, 7) is 0. The Hall–Kier alpha value is -3.17. The first-order chi connectivity index (χ1) is 16.6. The van der Waals surface area contributed by atoms with Gasteiger partial charge in [-0.15, -0.1) is 0 Å². The first kappa shape index (κ1) is 21.4. The standard InChI is InChI=1S/C30H18Cl2OS/c31-22-12-10-19(11-13-22)29-26-16-20-6-4-5-7-21(20)17-28(26)30(25-15-14-23(32)18-27(25)29)34(33)24-8-2-1-3-9-24/h1-18H. The number of fused-ring (bicyclic) bond motifs is 3. The van der Waals surface area contributed by atoms with Crippen LogP contribution in [0.1, 0.15) is 0 Å². The quantitative estimate of drug-likeness (QED) is 0.223. The fraction of sp³-hybridized carbons (Fsp3) is 0. The van der Waals surface area contributed by atoms with E-state index in [1.54, 1.807) is 0 Å². The number of benzene rings is 6. The van der Waals surface area contributed by atoms with Crippen LogP contribution in [0.15, 0.2) is 119 Å². The molecule has 0 N–H and O–H groups in total. The number of hydrogen-bond donors (Lipinski definition) is 0. The van der Waals surface area contributed by atoms with Gasteiger partial charge in [0.25, 0.3) is 0 Å². The largest absolute Gasteiger partial charge is 0.249 e. The van der Waals surface area contributed by atoms with Crippen LogP contribution in [-0.4, -0.2) is 4.21 Å². The van der Waals surface area contributed by atoms with E-state index in [1.165, 1.54) is 0 Å². The summed E-state index contributed by atoms with van der Waals surface area (Å²) in [5, 5.41) is 7.47. The summed E-state index contributed by atoms with van der Waals surface area (Å²) < 4.78 is 14.0. The average molecular weight is 497 g/mol. The van der Waals surface area contributed by atoms with Crippen LogP contribution >= 0.6 is 23.2 Å². The highest BCUT2D eigenvalue weighted by Crippen LogP contribution is 2.44. The molecule has 0 saturated carbocycles. The number of hydrogen-bond acceptors (Lipinski definition) is 1. The molecule has 0 radical (unpaired) electrons. The molecular formula is C30H18Cl2OS. The molecule has 0 bridgehead atoms. The Balaban J connectivity index is 1.84. The lowest BCUT2D eigenvalue weighted by Crippen LogP contribution is -1.98. The van der Waals surface area contributed by atoms with Gasteiger partial charge in [0.1, 0.15) is 0 Å². The van der Waals surface area contributed by atoms with Crippen molar-refractivity contribution in [1.82, 2.24) is 0 Å². The summed E-state index contributed by atoms with van der Waals surface area (Å²) >= 11 is 12.7. The van der Waals surface area contributed by atoms with E-state index in [4.69, 9.17) is 23.2 Å². The van der Waals surface area contributed by atoms with Gasteiger partial charge < -0.3 is 0 Å². The second-order valence-electron chi connectivity index (χ2n) is 8.23. The molecule has 6 rings (SSSR count). The molecule has 0 spiro atoms. The molecule has 34 heavy (non-hydrogen) atoms. The highest BCUT2D eigenvalue weighted by molar-refractivity contribution is 7.85. The molecule has 1 nitrogen and oxygen atoms in total. The summed E-state index contributed by atoms with van der Waals surface area (Å²) in [5.41, 5.74) is 2.10. The zero-order chi connectivity index (χ0) is 23.2. The van der Waals surface area contributed by atoms with Crippen LogP contribution in [0.5, 0.6) is 0 Å². The van der Waals surface area contributed by atoms with Gasteiger partial charge in [-0.25, -0.2) is 4.21 Å². The minimum absolute atomic E-state index is 0.638. The average Bonchev–Trinajstić information content (AvgIpc) is 2.87. The predicted octanol–water partition coefficient (Wildman–Crippen LogP) is 9.29. The summed E-state index contributed by atoms with van der Waals surface area (Å²) in [5.74, 6) is 0. The van der Waals surface area contributed by atoms with Crippen LogP contribution in [-0.2, 0) is 10.8 Å². The van der Waals surface area contributed by atoms with Gasteiger partial charge in [0.05, 0.1) is 15.7 Å². The fourth-order valence-corrected chi connectivity index (χ4v) is 6.32. The molecule has 0 aliphatic rings. The Labute approximate surface area is 210 Å². The highest BCUT2D eigenvalue weighted by atomic mass is 35.5. The minimum atomic E-state index is -1.38. The van der Waals surface area contributed by atoms with Gasteiger partial charge in [-0.2, -0.15) is 0 Å². The van der Waals surface area contributed by atoms with Crippen molar-refractivity contribution in [1.29, 1.82) is 0 Å². The van der Waals surface area contributed by atoms with Crippen molar-refractivity contribution in [3.8, 4) is 11.1 Å². The van der Waals surface area contributed by atoms with Crippen LogP contribution in [0, 0.1) is 0 Å². The third-order valence-electron chi connectivity index (χ3n) is 6.17.